The van der Waals surface area contributed by atoms with E-state index in [4.69, 9.17) is 0 Å². The Kier molecular flexibility index (Phi) is 4.53. The number of hydrogen-bond donors (Lipinski definition) is 2. The average Bonchev–Trinajstić information content (AvgIpc) is 2.18. The zero-order chi connectivity index (χ0) is 11.3. The van der Waals surface area contributed by atoms with E-state index in [0.717, 1.165) is 13.1 Å². The topological polar surface area (TPSA) is 75.3 Å². The molecule has 0 bridgehead atoms. The largest absolute Gasteiger partial charge is 0.317 e. The smallest absolute Gasteiger partial charge is 0.236 e. The maximum atomic E-state index is 11.6. The summed E-state index contributed by atoms with van der Waals surface area (Å²) in [7, 11) is -3.40. The van der Waals surface area contributed by atoms with Gasteiger partial charge >= 0.3 is 0 Å². The molecule has 0 spiro atoms. The number of hydrogen-bond acceptors (Lipinski definition) is 4. The maximum absolute atomic E-state index is 11.6. The highest BCUT2D eigenvalue weighted by atomic mass is 32.2. The Bertz CT molecular complexity index is 307. The van der Waals surface area contributed by atoms with Crippen molar-refractivity contribution in [2.24, 2.45) is 5.92 Å². The van der Waals surface area contributed by atoms with E-state index in [-0.39, 0.29) is 17.6 Å². The molecule has 0 atom stereocenters. The summed E-state index contributed by atoms with van der Waals surface area (Å²) in [5.74, 6) is -0.480. The number of carbonyl (C=O) groups is 1. The minimum absolute atomic E-state index is 0.0176. The molecule has 1 heterocycles. The lowest BCUT2D eigenvalue weighted by Crippen LogP contribution is -2.41. The summed E-state index contributed by atoms with van der Waals surface area (Å²) in [6.45, 7) is 3.34. The Labute approximate surface area is 90.7 Å². The Balaban J connectivity index is 2.47. The van der Waals surface area contributed by atoms with E-state index in [1.54, 1.807) is 6.92 Å². The fourth-order valence-corrected chi connectivity index (χ4v) is 2.75. The number of rotatable bonds is 4. The summed E-state index contributed by atoms with van der Waals surface area (Å²) in [5, 5.41) is 3.13. The van der Waals surface area contributed by atoms with Gasteiger partial charge in [-0.15, -0.1) is 0 Å². The Morgan fingerprint density at radius 1 is 1.40 bits per heavy atom. The van der Waals surface area contributed by atoms with E-state index in [9.17, 15) is 13.2 Å². The van der Waals surface area contributed by atoms with Crippen molar-refractivity contribution in [2.45, 2.75) is 26.2 Å². The van der Waals surface area contributed by atoms with Gasteiger partial charge in [-0.3, -0.25) is 9.52 Å². The van der Waals surface area contributed by atoms with Crippen LogP contribution in [0.4, 0.5) is 0 Å². The Morgan fingerprint density at radius 2 is 2.00 bits per heavy atom. The van der Waals surface area contributed by atoms with Crippen molar-refractivity contribution in [1.29, 1.82) is 0 Å². The molecule has 0 saturated carbocycles. The Morgan fingerprint density at radius 3 is 2.53 bits per heavy atom. The molecule has 0 aromatic heterocycles. The van der Waals surface area contributed by atoms with E-state index in [2.05, 4.69) is 10.0 Å². The summed E-state index contributed by atoms with van der Waals surface area (Å²) in [5.41, 5.74) is 0. The van der Waals surface area contributed by atoms with Crippen LogP contribution in [0, 0.1) is 5.92 Å². The molecule has 5 nitrogen and oxygen atoms in total. The van der Waals surface area contributed by atoms with Crippen LogP contribution >= 0.6 is 0 Å². The number of sulfonamides is 1. The number of piperidine rings is 1. The first-order valence-corrected chi connectivity index (χ1v) is 6.95. The molecule has 0 aliphatic carbocycles. The predicted octanol–water partition coefficient (Wildman–Crippen LogP) is -0.158. The molecule has 0 radical (unpaired) electrons. The van der Waals surface area contributed by atoms with E-state index in [0.29, 0.717) is 19.3 Å². The van der Waals surface area contributed by atoms with Crippen LogP contribution in [0.1, 0.15) is 26.2 Å². The van der Waals surface area contributed by atoms with Gasteiger partial charge in [-0.25, -0.2) is 8.42 Å². The van der Waals surface area contributed by atoms with Crippen molar-refractivity contribution in [1.82, 2.24) is 10.0 Å². The summed E-state index contributed by atoms with van der Waals surface area (Å²) in [4.78, 5) is 11.6. The zero-order valence-corrected chi connectivity index (χ0v) is 9.77. The zero-order valence-electron chi connectivity index (χ0n) is 8.95. The molecule has 1 rings (SSSR count). The molecule has 1 aliphatic heterocycles. The highest BCUT2D eigenvalue weighted by Crippen LogP contribution is 2.11. The lowest BCUT2D eigenvalue weighted by molar-refractivity contribution is -0.123. The van der Waals surface area contributed by atoms with Crippen LogP contribution in [0.5, 0.6) is 0 Å². The van der Waals surface area contributed by atoms with E-state index in [1.807, 2.05) is 0 Å². The van der Waals surface area contributed by atoms with E-state index in [1.165, 1.54) is 0 Å². The van der Waals surface area contributed by atoms with Gasteiger partial charge < -0.3 is 5.32 Å². The molecule has 1 aliphatic rings. The van der Waals surface area contributed by atoms with Gasteiger partial charge in [0.05, 0.1) is 5.75 Å². The fourth-order valence-electron chi connectivity index (χ4n) is 1.64. The van der Waals surface area contributed by atoms with Crippen LogP contribution in [0.15, 0.2) is 0 Å². The molecule has 1 amide bonds. The predicted molar refractivity (Wildman–Crippen MR) is 57.8 cm³/mol. The first-order chi connectivity index (χ1) is 7.05. The molecule has 15 heavy (non-hydrogen) atoms. The van der Waals surface area contributed by atoms with Gasteiger partial charge in [0.25, 0.3) is 0 Å². The lowest BCUT2D eigenvalue weighted by Gasteiger charge is -2.21. The van der Waals surface area contributed by atoms with Crippen molar-refractivity contribution in [3.05, 3.63) is 0 Å². The van der Waals surface area contributed by atoms with Gasteiger partial charge in [-0.2, -0.15) is 0 Å². The number of carbonyl (C=O) groups excluding carboxylic acids is 1. The van der Waals surface area contributed by atoms with Crippen LogP contribution in [-0.4, -0.2) is 33.2 Å². The normalized spacial score (nSPS) is 18.7. The molecule has 6 heteroatoms. The lowest BCUT2D eigenvalue weighted by atomic mass is 9.98. The van der Waals surface area contributed by atoms with Gasteiger partial charge in [0.2, 0.25) is 15.9 Å². The number of amides is 1. The average molecular weight is 234 g/mol. The second-order valence-corrected chi connectivity index (χ2v) is 5.65. The quantitative estimate of drug-likeness (QED) is 0.709. The van der Waals surface area contributed by atoms with Crippen LogP contribution in [0.25, 0.3) is 0 Å². The molecule has 0 aromatic carbocycles. The number of nitrogens with one attached hydrogen (secondary N) is 2. The Hall–Kier alpha value is -0.620. The van der Waals surface area contributed by atoms with Crippen LogP contribution < -0.4 is 10.0 Å². The monoisotopic (exact) mass is 234 g/mol. The van der Waals surface area contributed by atoms with Crippen LogP contribution in [0.3, 0.4) is 0 Å². The van der Waals surface area contributed by atoms with Crippen molar-refractivity contribution >= 4 is 15.9 Å². The second-order valence-electron chi connectivity index (χ2n) is 3.81. The van der Waals surface area contributed by atoms with Gasteiger partial charge in [0, 0.05) is 5.92 Å². The first-order valence-electron chi connectivity index (χ1n) is 5.30. The molecule has 0 aromatic rings. The molecule has 1 fully saturated rings. The van der Waals surface area contributed by atoms with Crippen molar-refractivity contribution < 1.29 is 13.2 Å². The van der Waals surface area contributed by atoms with Crippen molar-refractivity contribution in [3.63, 3.8) is 0 Å². The third-order valence-corrected chi connectivity index (χ3v) is 3.90. The SMILES string of the molecule is CCCS(=O)(=O)NC(=O)C1CCNCC1. The summed E-state index contributed by atoms with van der Waals surface area (Å²) < 4.78 is 24.8. The van der Waals surface area contributed by atoms with Gasteiger partial charge in [-0.1, -0.05) is 6.92 Å². The maximum Gasteiger partial charge on any atom is 0.236 e. The highest BCUT2D eigenvalue weighted by Gasteiger charge is 2.24. The molecule has 2 N–H and O–H groups in total. The molecule has 0 unspecified atom stereocenters. The van der Waals surface area contributed by atoms with Crippen LogP contribution in [-0.2, 0) is 14.8 Å². The van der Waals surface area contributed by atoms with Gasteiger partial charge in [0.1, 0.15) is 0 Å². The molecular formula is C9H18N2O3S. The third-order valence-electron chi connectivity index (χ3n) is 2.44. The minimum Gasteiger partial charge on any atom is -0.317 e. The molecular weight excluding hydrogens is 216 g/mol. The summed E-state index contributed by atoms with van der Waals surface area (Å²) >= 11 is 0. The summed E-state index contributed by atoms with van der Waals surface area (Å²) in [6, 6.07) is 0. The first kappa shape index (κ1) is 12.4. The van der Waals surface area contributed by atoms with Gasteiger partial charge in [0.15, 0.2) is 0 Å². The van der Waals surface area contributed by atoms with Crippen molar-refractivity contribution in [2.75, 3.05) is 18.8 Å². The van der Waals surface area contributed by atoms with Crippen molar-refractivity contribution in [3.8, 4) is 0 Å². The second kappa shape index (κ2) is 5.46. The third kappa shape index (κ3) is 4.17. The fraction of sp³-hybridized carbons (Fsp3) is 0.889. The van der Waals surface area contributed by atoms with Crippen LogP contribution in [0.2, 0.25) is 0 Å². The molecule has 88 valence electrons. The van der Waals surface area contributed by atoms with E-state index >= 15 is 0 Å². The molecule has 1 saturated heterocycles. The summed E-state index contributed by atoms with van der Waals surface area (Å²) in [6.07, 6.45) is 1.95. The van der Waals surface area contributed by atoms with Gasteiger partial charge in [-0.05, 0) is 32.4 Å². The standard InChI is InChI=1S/C9H18N2O3S/c1-2-7-15(13,14)11-9(12)8-3-5-10-6-4-8/h8,10H,2-7H2,1H3,(H,11,12). The minimum atomic E-state index is -3.40. The van der Waals surface area contributed by atoms with E-state index < -0.39 is 10.0 Å². The highest BCUT2D eigenvalue weighted by molar-refractivity contribution is 7.90.